The molecule has 0 radical (unpaired) electrons. The second-order valence-corrected chi connectivity index (χ2v) is 14.2. The van der Waals surface area contributed by atoms with Crippen molar-refractivity contribution in [2.45, 2.75) is 49.2 Å². The highest BCUT2D eigenvalue weighted by Crippen LogP contribution is 2.38. The molecule has 11 heteroatoms. The van der Waals surface area contributed by atoms with Crippen molar-refractivity contribution in [3.8, 4) is 11.5 Å². The lowest BCUT2D eigenvalue weighted by atomic mass is 9.86. The van der Waals surface area contributed by atoms with Crippen molar-refractivity contribution in [2.75, 3.05) is 6.61 Å². The van der Waals surface area contributed by atoms with Crippen molar-refractivity contribution in [3.05, 3.63) is 143 Å². The molecule has 0 fully saturated rings. The number of phenolic OH excluding ortho intramolecular Hbond substituents is 1. The first kappa shape index (κ1) is 35.6. The smallest absolute Gasteiger partial charge is 0.268 e. The third-order valence-corrected chi connectivity index (χ3v) is 10.3. The van der Waals surface area contributed by atoms with Crippen molar-refractivity contribution in [3.63, 3.8) is 0 Å². The second-order valence-electron chi connectivity index (χ2n) is 12.6. The number of guanidine groups is 1. The average molecular weight is 686 g/mol. The van der Waals surface area contributed by atoms with Gasteiger partial charge in [-0.15, -0.1) is 0 Å². The summed E-state index contributed by atoms with van der Waals surface area (Å²) in [6, 6.07) is 30.4. The van der Waals surface area contributed by atoms with E-state index in [1.165, 1.54) is 18.2 Å². The number of nitrogens with zero attached hydrogens (tertiary/aromatic N) is 1. The Labute approximate surface area is 287 Å². The first-order valence-electron chi connectivity index (χ1n) is 16.2. The average Bonchev–Trinajstić information content (AvgIpc) is 3.08. The largest absolute Gasteiger partial charge is 0.508 e. The van der Waals surface area contributed by atoms with E-state index in [2.05, 4.69) is 4.99 Å². The van der Waals surface area contributed by atoms with Gasteiger partial charge < -0.3 is 31.5 Å². The van der Waals surface area contributed by atoms with Crippen LogP contribution in [0.25, 0.3) is 0 Å². The van der Waals surface area contributed by atoms with Crippen LogP contribution >= 0.6 is 0 Å². The number of nitrogens with two attached hydrogens (primary N) is 2. The van der Waals surface area contributed by atoms with Crippen molar-refractivity contribution in [1.29, 1.82) is 0 Å². The van der Waals surface area contributed by atoms with E-state index in [0.29, 0.717) is 29.7 Å². The first-order chi connectivity index (χ1) is 23.4. The third kappa shape index (κ3) is 9.48. The normalized spacial score (nSPS) is 21.0. The van der Waals surface area contributed by atoms with Gasteiger partial charge in [0, 0.05) is 24.5 Å². The first-order valence-corrected chi connectivity index (χ1v) is 17.7. The van der Waals surface area contributed by atoms with Crippen LogP contribution in [0, 0.1) is 11.8 Å². The molecule has 4 aliphatic rings. The van der Waals surface area contributed by atoms with E-state index in [-0.39, 0.29) is 43.5 Å². The van der Waals surface area contributed by atoms with Gasteiger partial charge in [0.05, 0.1) is 11.4 Å². The van der Waals surface area contributed by atoms with Gasteiger partial charge in [0.15, 0.2) is 5.96 Å². The quantitative estimate of drug-likeness (QED) is 0.0590. The molecular formula is C38H43N3O7S. The fourth-order valence-corrected chi connectivity index (χ4v) is 7.48. The number of allylic oxidation sites excluding steroid dienone is 1. The van der Waals surface area contributed by atoms with Gasteiger partial charge in [0.2, 0.25) is 5.72 Å². The summed E-state index contributed by atoms with van der Waals surface area (Å²) in [5, 5.41) is 29.8. The zero-order chi connectivity index (χ0) is 35.0. The molecule has 49 heavy (non-hydrogen) atoms. The van der Waals surface area contributed by atoms with Gasteiger partial charge in [-0.05, 0) is 78.1 Å². The molecule has 0 saturated heterocycles. The predicted molar refractivity (Wildman–Crippen MR) is 189 cm³/mol. The lowest BCUT2D eigenvalue weighted by Gasteiger charge is -2.34. The summed E-state index contributed by atoms with van der Waals surface area (Å²) in [5.41, 5.74) is 14.4. The van der Waals surface area contributed by atoms with Crippen LogP contribution in [0.15, 0.2) is 120 Å². The van der Waals surface area contributed by atoms with Crippen molar-refractivity contribution in [2.24, 2.45) is 28.3 Å². The summed E-state index contributed by atoms with van der Waals surface area (Å²) >= 11 is 0. The van der Waals surface area contributed by atoms with E-state index in [0.717, 1.165) is 16.7 Å². The summed E-state index contributed by atoms with van der Waals surface area (Å²) in [5.74, 6) is -0.651. The van der Waals surface area contributed by atoms with Crippen LogP contribution in [-0.4, -0.2) is 46.1 Å². The molecule has 4 aliphatic heterocycles. The minimum absolute atomic E-state index is 0.0574. The SMILES string of the molecule is NC(N)=N[C@@]1(C[C@H](CO)Cc2ccccc2)Oc2ccc(cc2)CC[C@@H](S(=O)(=O)O)[C@H](C=C[C@@H](O)c2ccc(O)cc2)Cc2ccc1cc2. The number of ether oxygens (including phenoxy) is 1. The van der Waals surface area contributed by atoms with E-state index in [1.54, 1.807) is 30.3 Å². The molecule has 0 spiro atoms. The highest BCUT2D eigenvalue weighted by atomic mass is 32.2. The zero-order valence-corrected chi connectivity index (χ0v) is 27.9. The molecule has 4 bridgehead atoms. The Bertz CT molecular complexity index is 1830. The molecule has 8 N–H and O–H groups in total. The summed E-state index contributed by atoms with van der Waals surface area (Å²) in [7, 11) is -4.51. The minimum atomic E-state index is -4.51. The molecule has 258 valence electrons. The highest BCUT2D eigenvalue weighted by Gasteiger charge is 2.38. The van der Waals surface area contributed by atoms with Crippen molar-refractivity contribution < 1.29 is 33.0 Å². The van der Waals surface area contributed by atoms with Crippen LogP contribution in [0.5, 0.6) is 11.5 Å². The molecule has 4 heterocycles. The van der Waals surface area contributed by atoms with Crippen LogP contribution < -0.4 is 16.2 Å². The summed E-state index contributed by atoms with van der Waals surface area (Å²) in [6.45, 7) is -0.141. The van der Waals surface area contributed by atoms with Gasteiger partial charge in [-0.2, -0.15) is 8.42 Å². The number of hydrogen-bond donors (Lipinski definition) is 6. The van der Waals surface area contributed by atoms with E-state index < -0.39 is 33.1 Å². The molecule has 0 aliphatic carbocycles. The predicted octanol–water partition coefficient (Wildman–Crippen LogP) is 4.79. The summed E-state index contributed by atoms with van der Waals surface area (Å²) < 4.78 is 42.8. The molecule has 4 aromatic carbocycles. The number of aliphatic hydroxyl groups is 2. The van der Waals surface area contributed by atoms with Gasteiger partial charge in [-0.25, -0.2) is 4.99 Å². The maximum atomic E-state index is 12.9. The van der Waals surface area contributed by atoms with Crippen LogP contribution in [0.3, 0.4) is 0 Å². The van der Waals surface area contributed by atoms with Gasteiger partial charge in [0.25, 0.3) is 10.1 Å². The molecule has 5 atom stereocenters. The molecule has 0 unspecified atom stereocenters. The molecule has 0 saturated carbocycles. The van der Waals surface area contributed by atoms with Gasteiger partial charge in [-0.1, -0.05) is 91.0 Å². The molecule has 8 rings (SSSR count). The van der Waals surface area contributed by atoms with Crippen LogP contribution in [0.1, 0.15) is 46.8 Å². The monoisotopic (exact) mass is 685 g/mol. The lowest BCUT2D eigenvalue weighted by Crippen LogP contribution is -2.39. The van der Waals surface area contributed by atoms with Crippen LogP contribution in [0.2, 0.25) is 0 Å². The Hall–Kier alpha value is -4.68. The Morgan fingerprint density at radius 2 is 1.59 bits per heavy atom. The summed E-state index contributed by atoms with van der Waals surface area (Å²) in [6.07, 6.45) is 3.56. The number of aliphatic hydroxyl groups excluding tert-OH is 2. The fourth-order valence-electron chi connectivity index (χ4n) is 6.44. The molecule has 0 aromatic heterocycles. The number of aliphatic imine (C=N–C) groups is 1. The van der Waals surface area contributed by atoms with E-state index in [9.17, 15) is 28.3 Å². The van der Waals surface area contributed by atoms with Gasteiger partial charge in [-0.3, -0.25) is 4.55 Å². The summed E-state index contributed by atoms with van der Waals surface area (Å²) in [4.78, 5) is 4.65. The Morgan fingerprint density at radius 1 is 0.939 bits per heavy atom. The minimum Gasteiger partial charge on any atom is -0.508 e. The van der Waals surface area contributed by atoms with Crippen molar-refractivity contribution >= 4 is 16.1 Å². The maximum absolute atomic E-state index is 12.9. The van der Waals surface area contributed by atoms with Gasteiger partial charge >= 0.3 is 0 Å². The standard InChI is InChI=1S/C38H43N3O7S/c39-37(40)41-38(24-29(25-42)22-27-4-2-1-3-5-27)32-14-6-28(7-15-32)23-31(13-20-35(44)30-11-16-33(43)17-12-30)36(49(45,46)47)21-10-26-8-18-34(48-38)19-9-26/h1-9,11-20,29,31,35-36,42-44H,10,21-25H2,(H4,39,40,41)(H,45,46,47)/t29-,31-,35-,36-,38+/m1/s1. The number of hydrogen-bond acceptors (Lipinski definition) is 7. The van der Waals surface area contributed by atoms with Crippen LogP contribution in [0.4, 0.5) is 0 Å². The van der Waals surface area contributed by atoms with Gasteiger partial charge in [0.1, 0.15) is 11.5 Å². The number of aryl methyl sites for hydroxylation is 1. The van der Waals surface area contributed by atoms with E-state index in [1.807, 2.05) is 66.7 Å². The van der Waals surface area contributed by atoms with Crippen LogP contribution in [-0.2, 0) is 35.1 Å². The van der Waals surface area contributed by atoms with E-state index >= 15 is 0 Å². The second kappa shape index (κ2) is 15.7. The number of rotatable bonds is 10. The lowest BCUT2D eigenvalue weighted by molar-refractivity contribution is 0.0349. The van der Waals surface area contributed by atoms with Crippen molar-refractivity contribution in [1.82, 2.24) is 0 Å². The number of phenols is 1. The highest BCUT2D eigenvalue weighted by molar-refractivity contribution is 7.86. The fraction of sp³-hybridized carbons (Fsp3) is 0.289. The molecule has 4 aromatic rings. The maximum Gasteiger partial charge on any atom is 0.268 e. The molecular weight excluding hydrogens is 642 g/mol. The topological polar surface area (TPSA) is 189 Å². The molecule has 10 nitrogen and oxygen atoms in total. The Morgan fingerprint density at radius 3 is 2.20 bits per heavy atom. The zero-order valence-electron chi connectivity index (χ0n) is 27.0. The number of aromatic hydroxyl groups is 1. The van der Waals surface area contributed by atoms with E-state index in [4.69, 9.17) is 16.2 Å². The Kier molecular flexibility index (Phi) is 11.4. The molecule has 0 amide bonds. The number of benzene rings is 4. The third-order valence-electron chi connectivity index (χ3n) is 8.94. The Balaban J connectivity index is 1.57.